The molecule has 0 atom stereocenters. The zero-order valence-corrected chi connectivity index (χ0v) is 21.0. The second-order valence-corrected chi connectivity index (χ2v) is 8.66. The number of benzene rings is 1. The molecule has 1 fully saturated rings. The first-order valence-electron chi connectivity index (χ1n) is 10.3. The number of halogens is 1. The minimum absolute atomic E-state index is 0. The molecular weight excluding hydrogens is 493 g/mol. The summed E-state index contributed by atoms with van der Waals surface area (Å²) in [4.78, 5) is 8.78. The quantitative estimate of drug-likeness (QED) is 0.318. The number of thiophene rings is 1. The molecule has 6 heteroatoms. The zero-order valence-electron chi connectivity index (χ0n) is 17.8. The standard InChI is InChI=1S/C23H33N3OS.HI/c1-4-24-22(26(3)14-11-20-9-7-17-28-20)25-18-23(12-15-27-16-13-23)21-10-6-5-8-19(21)2;/h5-10,17H,4,11-16,18H2,1-3H3,(H,24,25);1H. The molecule has 1 aromatic carbocycles. The Bertz CT molecular complexity index is 757. The van der Waals surface area contributed by atoms with E-state index in [9.17, 15) is 0 Å². The van der Waals surface area contributed by atoms with Gasteiger partial charge in [-0.1, -0.05) is 30.3 Å². The Morgan fingerprint density at radius 2 is 1.97 bits per heavy atom. The molecule has 1 saturated heterocycles. The van der Waals surface area contributed by atoms with Crippen LogP contribution in [0.1, 0.15) is 35.8 Å². The molecule has 3 rings (SSSR count). The van der Waals surface area contributed by atoms with Gasteiger partial charge in [0.1, 0.15) is 0 Å². The highest BCUT2D eigenvalue weighted by atomic mass is 127. The Balaban J connectivity index is 0.00000300. The maximum Gasteiger partial charge on any atom is 0.193 e. The van der Waals surface area contributed by atoms with Gasteiger partial charge < -0.3 is 15.0 Å². The van der Waals surface area contributed by atoms with E-state index in [1.807, 2.05) is 11.3 Å². The van der Waals surface area contributed by atoms with Gasteiger partial charge in [0, 0.05) is 43.6 Å². The first kappa shape index (κ1) is 24.2. The molecule has 1 aliphatic rings. The molecule has 0 amide bonds. The van der Waals surface area contributed by atoms with Gasteiger partial charge in [-0.15, -0.1) is 35.3 Å². The maximum absolute atomic E-state index is 5.69. The van der Waals surface area contributed by atoms with Gasteiger partial charge in [-0.25, -0.2) is 0 Å². The van der Waals surface area contributed by atoms with Gasteiger partial charge in [0.15, 0.2) is 5.96 Å². The number of nitrogens with one attached hydrogen (secondary N) is 1. The van der Waals surface area contributed by atoms with Gasteiger partial charge >= 0.3 is 0 Å². The first-order chi connectivity index (χ1) is 13.6. The maximum atomic E-state index is 5.69. The van der Waals surface area contributed by atoms with E-state index < -0.39 is 0 Å². The summed E-state index contributed by atoms with van der Waals surface area (Å²) in [5.41, 5.74) is 2.86. The van der Waals surface area contributed by atoms with Crippen molar-refractivity contribution in [1.82, 2.24) is 10.2 Å². The van der Waals surface area contributed by atoms with Crippen LogP contribution in [0.3, 0.4) is 0 Å². The summed E-state index contributed by atoms with van der Waals surface area (Å²) in [6, 6.07) is 13.1. The van der Waals surface area contributed by atoms with Crippen molar-refractivity contribution in [2.45, 2.75) is 38.5 Å². The van der Waals surface area contributed by atoms with Crippen LogP contribution < -0.4 is 5.32 Å². The molecule has 1 aromatic heterocycles. The average Bonchev–Trinajstić information content (AvgIpc) is 3.24. The number of nitrogens with zero attached hydrogens (tertiary/aromatic N) is 2. The van der Waals surface area contributed by atoms with E-state index in [1.165, 1.54) is 16.0 Å². The summed E-state index contributed by atoms with van der Waals surface area (Å²) in [5.74, 6) is 0.999. The highest BCUT2D eigenvalue weighted by Crippen LogP contribution is 2.37. The fourth-order valence-corrected chi connectivity index (χ4v) is 4.68. The summed E-state index contributed by atoms with van der Waals surface area (Å²) in [6.07, 6.45) is 3.11. The summed E-state index contributed by atoms with van der Waals surface area (Å²) in [7, 11) is 2.14. The Labute approximate surface area is 196 Å². The fraction of sp³-hybridized carbons (Fsp3) is 0.522. The van der Waals surface area contributed by atoms with E-state index in [1.54, 1.807) is 0 Å². The lowest BCUT2D eigenvalue weighted by Gasteiger charge is -2.38. The zero-order chi connectivity index (χ0) is 19.8. The van der Waals surface area contributed by atoms with Gasteiger partial charge in [0.2, 0.25) is 0 Å². The second kappa shape index (κ2) is 11.9. The van der Waals surface area contributed by atoms with Crippen LogP contribution in [-0.2, 0) is 16.6 Å². The monoisotopic (exact) mass is 527 g/mol. The van der Waals surface area contributed by atoms with E-state index in [4.69, 9.17) is 9.73 Å². The number of guanidine groups is 1. The topological polar surface area (TPSA) is 36.9 Å². The van der Waals surface area contributed by atoms with Gasteiger partial charge in [-0.2, -0.15) is 0 Å². The molecule has 2 aromatic rings. The number of hydrogen-bond donors (Lipinski definition) is 1. The van der Waals surface area contributed by atoms with Gasteiger partial charge in [0.05, 0.1) is 6.54 Å². The number of likely N-dealkylation sites (N-methyl/N-ethyl adjacent to an activating group) is 1. The molecule has 0 unspecified atom stereocenters. The molecule has 0 saturated carbocycles. The molecule has 4 nitrogen and oxygen atoms in total. The van der Waals surface area contributed by atoms with Crippen molar-refractivity contribution in [3.8, 4) is 0 Å². The lowest BCUT2D eigenvalue weighted by atomic mass is 9.72. The number of aryl methyl sites for hydroxylation is 1. The third kappa shape index (κ3) is 6.43. The van der Waals surface area contributed by atoms with Crippen LogP contribution in [0.15, 0.2) is 46.8 Å². The van der Waals surface area contributed by atoms with Crippen molar-refractivity contribution in [1.29, 1.82) is 0 Å². The Morgan fingerprint density at radius 3 is 2.62 bits per heavy atom. The van der Waals surface area contributed by atoms with Crippen LogP contribution in [0.4, 0.5) is 0 Å². The molecule has 1 aliphatic heterocycles. The molecule has 1 N–H and O–H groups in total. The van der Waals surface area contributed by atoms with Crippen molar-refractivity contribution in [2.24, 2.45) is 4.99 Å². The van der Waals surface area contributed by atoms with Crippen molar-refractivity contribution in [3.63, 3.8) is 0 Å². The summed E-state index contributed by atoms with van der Waals surface area (Å²) in [5, 5.41) is 5.63. The van der Waals surface area contributed by atoms with E-state index in [2.05, 4.69) is 72.9 Å². The number of rotatable bonds is 7. The van der Waals surface area contributed by atoms with Crippen molar-refractivity contribution >= 4 is 41.3 Å². The predicted octanol–water partition coefficient (Wildman–Crippen LogP) is 4.86. The molecule has 0 bridgehead atoms. The largest absolute Gasteiger partial charge is 0.381 e. The second-order valence-electron chi connectivity index (χ2n) is 7.63. The molecular formula is C23H34IN3OS. The van der Waals surface area contributed by atoms with Crippen LogP contribution in [0.2, 0.25) is 0 Å². The lowest BCUT2D eigenvalue weighted by molar-refractivity contribution is 0.0528. The summed E-state index contributed by atoms with van der Waals surface area (Å²) < 4.78 is 5.69. The highest BCUT2D eigenvalue weighted by Gasteiger charge is 2.35. The van der Waals surface area contributed by atoms with Gasteiger partial charge in [-0.05, 0) is 55.7 Å². The fourth-order valence-electron chi connectivity index (χ4n) is 3.98. The van der Waals surface area contributed by atoms with E-state index in [0.717, 1.165) is 58.1 Å². The van der Waals surface area contributed by atoms with Crippen LogP contribution in [-0.4, -0.2) is 50.8 Å². The summed E-state index contributed by atoms with van der Waals surface area (Å²) in [6.45, 7) is 8.62. The molecule has 0 radical (unpaired) electrons. The number of hydrogen-bond acceptors (Lipinski definition) is 3. The number of ether oxygens (including phenoxy) is 1. The molecule has 0 aliphatic carbocycles. The Kier molecular flexibility index (Phi) is 9.92. The predicted molar refractivity (Wildman–Crippen MR) is 135 cm³/mol. The first-order valence-corrected chi connectivity index (χ1v) is 11.2. The minimum atomic E-state index is 0. The molecule has 0 spiro atoms. The van der Waals surface area contributed by atoms with E-state index in [0.29, 0.717) is 0 Å². The number of aliphatic imine (C=N–C) groups is 1. The SMILES string of the molecule is CCNC(=NCC1(c2ccccc2C)CCOCC1)N(C)CCc1cccs1.I. The molecule has 2 heterocycles. The molecule has 29 heavy (non-hydrogen) atoms. The molecule has 160 valence electrons. The average molecular weight is 528 g/mol. The van der Waals surface area contributed by atoms with Gasteiger partial charge in [-0.3, -0.25) is 4.99 Å². The van der Waals surface area contributed by atoms with Crippen LogP contribution in [0, 0.1) is 6.92 Å². The Morgan fingerprint density at radius 1 is 1.21 bits per heavy atom. The van der Waals surface area contributed by atoms with E-state index >= 15 is 0 Å². The van der Waals surface area contributed by atoms with Crippen molar-refractivity contribution in [2.75, 3.05) is 39.9 Å². The van der Waals surface area contributed by atoms with Crippen LogP contribution in [0.5, 0.6) is 0 Å². The summed E-state index contributed by atoms with van der Waals surface area (Å²) >= 11 is 1.82. The van der Waals surface area contributed by atoms with Crippen molar-refractivity contribution in [3.05, 3.63) is 57.8 Å². The third-order valence-electron chi connectivity index (χ3n) is 5.67. The van der Waals surface area contributed by atoms with Gasteiger partial charge in [0.25, 0.3) is 0 Å². The van der Waals surface area contributed by atoms with Crippen LogP contribution in [0.25, 0.3) is 0 Å². The third-order valence-corrected chi connectivity index (χ3v) is 6.60. The van der Waals surface area contributed by atoms with E-state index in [-0.39, 0.29) is 29.4 Å². The highest BCUT2D eigenvalue weighted by molar-refractivity contribution is 14.0. The lowest BCUT2D eigenvalue weighted by Crippen LogP contribution is -2.42. The smallest absolute Gasteiger partial charge is 0.193 e. The normalized spacial score (nSPS) is 16.2. The van der Waals surface area contributed by atoms with Crippen LogP contribution >= 0.6 is 35.3 Å². The van der Waals surface area contributed by atoms with Crippen molar-refractivity contribution < 1.29 is 4.74 Å². The minimum Gasteiger partial charge on any atom is -0.381 e. The Hall–Kier alpha value is -1.12.